The van der Waals surface area contributed by atoms with Gasteiger partial charge in [0.05, 0.1) is 47.0 Å². The number of rotatable bonds is 7. The van der Waals surface area contributed by atoms with E-state index >= 15 is 0 Å². The van der Waals surface area contributed by atoms with E-state index in [0.717, 1.165) is 13.1 Å². The summed E-state index contributed by atoms with van der Waals surface area (Å²) in [5.41, 5.74) is 1.85. The minimum Gasteiger partial charge on any atom is -0.409 e. The quantitative estimate of drug-likeness (QED) is 0.279. The maximum atomic E-state index is 12.5. The number of anilines is 2. The molecular weight excluding hydrogens is 510 g/mol. The molecule has 0 aliphatic carbocycles. The number of carbonyl (C=O) groups excluding carboxylic acids is 2. The van der Waals surface area contributed by atoms with Gasteiger partial charge in [-0.25, -0.2) is 19.6 Å². The molecule has 194 valence electrons. The van der Waals surface area contributed by atoms with Gasteiger partial charge in [0.2, 0.25) is 0 Å². The van der Waals surface area contributed by atoms with E-state index in [4.69, 9.17) is 14.7 Å². The van der Waals surface area contributed by atoms with E-state index in [0.29, 0.717) is 70.0 Å². The highest BCUT2D eigenvalue weighted by Gasteiger charge is 2.17. The third kappa shape index (κ3) is 6.21. The van der Waals surface area contributed by atoms with Crippen molar-refractivity contribution in [2.45, 2.75) is 0 Å². The number of carbonyl (C=O) groups is 2. The van der Waals surface area contributed by atoms with Gasteiger partial charge < -0.3 is 20.1 Å². The van der Waals surface area contributed by atoms with Crippen LogP contribution in [0.4, 0.5) is 20.4 Å². The molecule has 4 heterocycles. The molecule has 1 saturated heterocycles. The van der Waals surface area contributed by atoms with Gasteiger partial charge in [0.1, 0.15) is 5.75 Å². The van der Waals surface area contributed by atoms with Crippen LogP contribution in [0, 0.1) is 11.3 Å². The second kappa shape index (κ2) is 11.6. The van der Waals surface area contributed by atoms with Gasteiger partial charge in [-0.2, -0.15) is 10.4 Å². The number of aromatic amines is 1. The van der Waals surface area contributed by atoms with Crippen molar-refractivity contribution in [2.24, 2.45) is 0 Å². The molecule has 0 saturated carbocycles. The highest BCUT2D eigenvalue weighted by molar-refractivity contribution is 7.19. The summed E-state index contributed by atoms with van der Waals surface area (Å²) >= 11 is 1.20. The van der Waals surface area contributed by atoms with Crippen LogP contribution in [0.5, 0.6) is 5.75 Å². The van der Waals surface area contributed by atoms with Crippen LogP contribution >= 0.6 is 11.3 Å². The third-order valence-corrected chi connectivity index (χ3v) is 6.55. The Morgan fingerprint density at radius 3 is 2.92 bits per heavy atom. The first-order valence-electron chi connectivity index (χ1n) is 11.7. The van der Waals surface area contributed by atoms with Gasteiger partial charge in [0.15, 0.2) is 10.8 Å². The summed E-state index contributed by atoms with van der Waals surface area (Å²) in [5.74, 6) is 0.292. The number of morpholine rings is 1. The van der Waals surface area contributed by atoms with E-state index < -0.39 is 12.1 Å². The monoisotopic (exact) mass is 533 g/mol. The van der Waals surface area contributed by atoms with Crippen molar-refractivity contribution in [3.63, 3.8) is 0 Å². The van der Waals surface area contributed by atoms with Crippen LogP contribution < -0.4 is 20.7 Å². The Bertz CT molecular complexity index is 1490. The topological polar surface area (TPSA) is 170 Å². The summed E-state index contributed by atoms with van der Waals surface area (Å²) in [7, 11) is 0. The average molecular weight is 534 g/mol. The zero-order valence-corrected chi connectivity index (χ0v) is 20.9. The minimum absolute atomic E-state index is 0.292. The molecule has 4 N–H and O–H groups in total. The summed E-state index contributed by atoms with van der Waals surface area (Å²) in [5, 5.41) is 24.8. The van der Waals surface area contributed by atoms with Crippen LogP contribution in [0.25, 0.3) is 21.6 Å². The molecular formula is C24H23N9O4S. The van der Waals surface area contributed by atoms with E-state index in [1.54, 1.807) is 36.5 Å². The number of nitriles is 1. The molecule has 3 aromatic heterocycles. The maximum absolute atomic E-state index is 12.5. The van der Waals surface area contributed by atoms with Crippen molar-refractivity contribution in [3.05, 3.63) is 48.3 Å². The first kappa shape index (κ1) is 25.1. The Hall–Kier alpha value is -4.58. The van der Waals surface area contributed by atoms with Crippen LogP contribution in [-0.4, -0.2) is 76.6 Å². The first-order valence-corrected chi connectivity index (χ1v) is 12.5. The van der Waals surface area contributed by atoms with Gasteiger partial charge >= 0.3 is 12.1 Å². The summed E-state index contributed by atoms with van der Waals surface area (Å²) in [4.78, 5) is 36.5. The lowest BCUT2D eigenvalue weighted by molar-refractivity contribution is 0.0385. The third-order valence-electron chi connectivity index (χ3n) is 5.62. The van der Waals surface area contributed by atoms with Crippen LogP contribution in [0.15, 0.2) is 42.7 Å². The molecule has 4 aromatic rings. The molecule has 38 heavy (non-hydrogen) atoms. The van der Waals surface area contributed by atoms with Gasteiger partial charge in [-0.1, -0.05) is 17.4 Å². The van der Waals surface area contributed by atoms with Gasteiger partial charge in [0, 0.05) is 44.1 Å². The molecule has 14 heteroatoms. The fourth-order valence-corrected chi connectivity index (χ4v) is 4.54. The summed E-state index contributed by atoms with van der Waals surface area (Å²) in [6, 6.07) is 9.72. The standard InChI is InChI=1S/C24H23N9O4S/c25-12-15-2-1-3-16(10-15)29-22(34)31-23-27-14-20(38-23)18-11-19(17-13-28-32-21(17)30-18)37-24(35)26-4-5-33-6-8-36-9-7-33/h1-3,10-11,13-14H,4-9H2,(H,26,35)(H,28,30,32)(H2,27,29,31,34). The number of hydrogen-bond acceptors (Lipinski definition) is 10. The highest BCUT2D eigenvalue weighted by Crippen LogP contribution is 2.33. The zero-order valence-electron chi connectivity index (χ0n) is 20.1. The molecule has 1 aliphatic rings. The van der Waals surface area contributed by atoms with Gasteiger partial charge in [-0.15, -0.1) is 0 Å². The molecule has 0 atom stereocenters. The van der Waals surface area contributed by atoms with E-state index in [-0.39, 0.29) is 0 Å². The second-order valence-corrected chi connectivity index (χ2v) is 9.24. The van der Waals surface area contributed by atoms with E-state index in [9.17, 15) is 9.59 Å². The lowest BCUT2D eigenvalue weighted by Gasteiger charge is -2.26. The number of ether oxygens (including phenoxy) is 2. The first-order chi connectivity index (χ1) is 18.6. The number of pyridine rings is 1. The Labute approximate surface area is 220 Å². The van der Waals surface area contributed by atoms with Crippen molar-refractivity contribution in [2.75, 3.05) is 50.0 Å². The molecule has 0 radical (unpaired) electrons. The zero-order chi connectivity index (χ0) is 26.3. The van der Waals surface area contributed by atoms with Gasteiger partial charge in [0.25, 0.3) is 0 Å². The fourth-order valence-electron chi connectivity index (χ4n) is 3.76. The van der Waals surface area contributed by atoms with Crippen molar-refractivity contribution < 1.29 is 19.1 Å². The molecule has 0 unspecified atom stereocenters. The van der Waals surface area contributed by atoms with Crippen LogP contribution in [0.3, 0.4) is 0 Å². The average Bonchev–Trinajstić information content (AvgIpc) is 3.59. The lowest BCUT2D eigenvalue weighted by atomic mass is 10.2. The number of H-pyrrole nitrogens is 1. The largest absolute Gasteiger partial charge is 0.412 e. The second-order valence-electron chi connectivity index (χ2n) is 8.21. The smallest absolute Gasteiger partial charge is 0.409 e. The van der Waals surface area contributed by atoms with Crippen molar-refractivity contribution in [1.29, 1.82) is 5.26 Å². The Morgan fingerprint density at radius 2 is 2.08 bits per heavy atom. The molecule has 3 amide bonds. The van der Waals surface area contributed by atoms with Crippen molar-refractivity contribution in [1.82, 2.24) is 30.4 Å². The molecule has 1 aliphatic heterocycles. The summed E-state index contributed by atoms with van der Waals surface area (Å²) in [6.07, 6.45) is 2.52. The Balaban J connectivity index is 1.23. The summed E-state index contributed by atoms with van der Waals surface area (Å²) < 4.78 is 10.9. The number of urea groups is 1. The molecule has 0 spiro atoms. The van der Waals surface area contributed by atoms with E-state index in [1.165, 1.54) is 17.5 Å². The van der Waals surface area contributed by atoms with E-state index in [2.05, 4.69) is 41.0 Å². The normalized spacial score (nSPS) is 13.6. The number of benzene rings is 1. The predicted octanol–water partition coefficient (Wildman–Crippen LogP) is 3.02. The van der Waals surface area contributed by atoms with Crippen LogP contribution in [-0.2, 0) is 4.74 Å². The van der Waals surface area contributed by atoms with E-state index in [1.807, 2.05) is 6.07 Å². The fraction of sp³-hybridized carbons (Fsp3) is 0.250. The van der Waals surface area contributed by atoms with Crippen molar-refractivity contribution >= 4 is 45.3 Å². The van der Waals surface area contributed by atoms with Gasteiger partial charge in [-0.05, 0) is 18.2 Å². The number of nitrogens with one attached hydrogen (secondary N) is 4. The van der Waals surface area contributed by atoms with Gasteiger partial charge in [-0.3, -0.25) is 15.3 Å². The number of amides is 3. The molecule has 0 bridgehead atoms. The highest BCUT2D eigenvalue weighted by atomic mass is 32.1. The molecule has 13 nitrogen and oxygen atoms in total. The van der Waals surface area contributed by atoms with Crippen LogP contribution in [0.2, 0.25) is 0 Å². The molecule has 1 aromatic carbocycles. The molecule has 5 rings (SSSR count). The molecule has 1 fully saturated rings. The number of nitrogens with zero attached hydrogens (tertiary/aromatic N) is 5. The maximum Gasteiger partial charge on any atom is 0.412 e. The summed E-state index contributed by atoms with van der Waals surface area (Å²) in [6.45, 7) is 4.20. The number of fused-ring (bicyclic) bond motifs is 1. The van der Waals surface area contributed by atoms with Crippen molar-refractivity contribution in [3.8, 4) is 22.4 Å². The SMILES string of the molecule is N#Cc1cccc(NC(=O)Nc2ncc(-c3cc(OC(=O)NCCN4CCOCC4)c4cn[nH]c4n3)s2)c1. The lowest BCUT2D eigenvalue weighted by Crippen LogP contribution is -2.41. The Kier molecular flexibility index (Phi) is 7.69. The number of hydrogen-bond donors (Lipinski definition) is 4. The van der Waals surface area contributed by atoms with Crippen LogP contribution in [0.1, 0.15) is 5.56 Å². The number of thiazole rings is 1. The number of aromatic nitrogens is 4. The predicted molar refractivity (Wildman–Crippen MR) is 140 cm³/mol. The minimum atomic E-state index is -0.582. The Morgan fingerprint density at radius 1 is 1.21 bits per heavy atom.